The van der Waals surface area contributed by atoms with Crippen LogP contribution in [-0.2, 0) is 27.8 Å². The minimum Gasteiger partial charge on any atom is -0.352 e. The molecule has 0 saturated heterocycles. The lowest BCUT2D eigenvalue weighted by Gasteiger charge is -2.36. The molecule has 1 aliphatic heterocycles. The zero-order valence-corrected chi connectivity index (χ0v) is 18.0. The third-order valence-electron chi connectivity index (χ3n) is 5.60. The SMILES string of the molecule is O=C(C[C@@H]1c2ccccc2CCN1S(=O)(=O)c1ccc(F)cc1)NCc1ccccc1F. The second kappa shape index (κ2) is 9.18. The van der Waals surface area contributed by atoms with Crippen LogP contribution in [0.15, 0.2) is 77.7 Å². The Kier molecular flexibility index (Phi) is 6.34. The molecule has 32 heavy (non-hydrogen) atoms. The summed E-state index contributed by atoms with van der Waals surface area (Å²) in [7, 11) is -3.96. The fourth-order valence-corrected chi connectivity index (χ4v) is 5.56. The first kappa shape index (κ1) is 22.1. The molecule has 8 heteroatoms. The monoisotopic (exact) mass is 456 g/mol. The maximum absolute atomic E-state index is 13.9. The first-order valence-electron chi connectivity index (χ1n) is 10.2. The molecule has 0 spiro atoms. The number of amides is 1. The molecule has 1 amide bonds. The summed E-state index contributed by atoms with van der Waals surface area (Å²) in [6.07, 6.45) is 0.385. The standard InChI is InChI=1S/C24H22F2N2O3S/c25-19-9-11-20(12-10-19)32(30,31)28-14-13-17-5-1-3-7-21(17)23(28)15-24(29)27-16-18-6-2-4-8-22(18)26/h1-12,23H,13-16H2,(H,27,29)/t23-/m1/s1. The molecule has 1 aliphatic rings. The number of benzene rings is 3. The molecule has 4 rings (SSSR count). The number of nitrogens with zero attached hydrogens (tertiary/aromatic N) is 1. The minimum absolute atomic E-state index is 0.00455. The Balaban J connectivity index is 1.60. The number of carbonyl (C=O) groups excluding carboxylic acids is 1. The van der Waals surface area contributed by atoms with Crippen molar-refractivity contribution in [3.05, 3.63) is 101 Å². The number of fused-ring (bicyclic) bond motifs is 1. The lowest BCUT2D eigenvalue weighted by Crippen LogP contribution is -2.42. The molecule has 3 aromatic rings. The third-order valence-corrected chi connectivity index (χ3v) is 7.52. The number of carbonyl (C=O) groups is 1. The fraction of sp³-hybridized carbons (Fsp3) is 0.208. The highest BCUT2D eigenvalue weighted by Gasteiger charge is 2.37. The van der Waals surface area contributed by atoms with Crippen LogP contribution in [0, 0.1) is 11.6 Å². The van der Waals surface area contributed by atoms with Crippen LogP contribution >= 0.6 is 0 Å². The summed E-state index contributed by atoms with van der Waals surface area (Å²) in [4.78, 5) is 12.7. The highest BCUT2D eigenvalue weighted by atomic mass is 32.2. The summed E-state index contributed by atoms with van der Waals surface area (Å²) >= 11 is 0. The maximum atomic E-state index is 13.9. The third kappa shape index (κ3) is 4.56. The quantitative estimate of drug-likeness (QED) is 0.611. The van der Waals surface area contributed by atoms with Crippen molar-refractivity contribution >= 4 is 15.9 Å². The number of hydrogen-bond acceptors (Lipinski definition) is 3. The van der Waals surface area contributed by atoms with Gasteiger partial charge >= 0.3 is 0 Å². The summed E-state index contributed by atoms with van der Waals surface area (Å²) in [6.45, 7) is 0.201. The zero-order chi connectivity index (χ0) is 22.7. The summed E-state index contributed by atoms with van der Waals surface area (Å²) in [5.74, 6) is -1.34. The molecule has 166 valence electrons. The summed E-state index contributed by atoms with van der Waals surface area (Å²) < 4.78 is 55.2. The van der Waals surface area contributed by atoms with Crippen molar-refractivity contribution in [1.82, 2.24) is 9.62 Å². The van der Waals surface area contributed by atoms with Gasteiger partial charge in [0.15, 0.2) is 0 Å². The Bertz CT molecular complexity index is 1230. The molecule has 0 saturated carbocycles. The molecule has 1 heterocycles. The summed E-state index contributed by atoms with van der Waals surface area (Å²) in [5, 5.41) is 2.69. The normalized spacial score (nSPS) is 16.4. The van der Waals surface area contributed by atoms with Gasteiger partial charge in [-0.1, -0.05) is 42.5 Å². The van der Waals surface area contributed by atoms with E-state index >= 15 is 0 Å². The van der Waals surface area contributed by atoms with Crippen LogP contribution in [0.3, 0.4) is 0 Å². The molecule has 0 unspecified atom stereocenters. The van der Waals surface area contributed by atoms with E-state index in [2.05, 4.69) is 5.32 Å². The number of nitrogens with one attached hydrogen (secondary N) is 1. The molecule has 0 fully saturated rings. The Hall–Kier alpha value is -3.10. The Morgan fingerprint density at radius 3 is 2.41 bits per heavy atom. The number of halogens is 2. The van der Waals surface area contributed by atoms with Gasteiger partial charge in [0.25, 0.3) is 0 Å². The van der Waals surface area contributed by atoms with E-state index < -0.39 is 33.6 Å². The van der Waals surface area contributed by atoms with Crippen molar-refractivity contribution in [3.8, 4) is 0 Å². The van der Waals surface area contributed by atoms with Crippen LogP contribution in [0.1, 0.15) is 29.2 Å². The molecule has 1 N–H and O–H groups in total. The van der Waals surface area contributed by atoms with E-state index in [4.69, 9.17) is 0 Å². The Morgan fingerprint density at radius 1 is 0.969 bits per heavy atom. The van der Waals surface area contributed by atoms with E-state index in [1.54, 1.807) is 24.3 Å². The highest BCUT2D eigenvalue weighted by Crippen LogP contribution is 2.36. The van der Waals surface area contributed by atoms with Gasteiger partial charge in [0.05, 0.1) is 10.9 Å². The topological polar surface area (TPSA) is 66.5 Å². The molecular formula is C24H22F2N2O3S. The zero-order valence-electron chi connectivity index (χ0n) is 17.2. The molecule has 5 nitrogen and oxygen atoms in total. The van der Waals surface area contributed by atoms with Crippen LogP contribution in [0.5, 0.6) is 0 Å². The van der Waals surface area contributed by atoms with Crippen LogP contribution in [-0.4, -0.2) is 25.2 Å². The van der Waals surface area contributed by atoms with Crippen LogP contribution < -0.4 is 5.32 Å². The number of hydrogen-bond donors (Lipinski definition) is 1. The van der Waals surface area contributed by atoms with Crippen molar-refractivity contribution in [2.24, 2.45) is 0 Å². The van der Waals surface area contributed by atoms with E-state index in [0.717, 1.165) is 23.3 Å². The Labute approximate surface area is 185 Å². The van der Waals surface area contributed by atoms with E-state index in [-0.39, 0.29) is 24.4 Å². The predicted octanol–water partition coefficient (Wildman–Crippen LogP) is 3.96. The molecular weight excluding hydrogens is 434 g/mol. The first-order chi connectivity index (χ1) is 15.4. The van der Waals surface area contributed by atoms with Gasteiger partial charge in [-0.3, -0.25) is 4.79 Å². The Morgan fingerprint density at radius 2 is 1.66 bits per heavy atom. The summed E-state index contributed by atoms with van der Waals surface area (Å²) in [5.41, 5.74) is 2.08. The van der Waals surface area contributed by atoms with E-state index in [1.165, 1.54) is 22.5 Å². The number of sulfonamides is 1. The summed E-state index contributed by atoms with van der Waals surface area (Å²) in [6, 6.07) is 17.5. The van der Waals surface area contributed by atoms with Crippen molar-refractivity contribution in [1.29, 1.82) is 0 Å². The van der Waals surface area contributed by atoms with E-state index in [0.29, 0.717) is 12.0 Å². The van der Waals surface area contributed by atoms with E-state index in [9.17, 15) is 22.0 Å². The van der Waals surface area contributed by atoms with Gasteiger partial charge in [-0.2, -0.15) is 4.31 Å². The van der Waals surface area contributed by atoms with Crippen molar-refractivity contribution < 1.29 is 22.0 Å². The molecule has 0 aliphatic carbocycles. The lowest BCUT2D eigenvalue weighted by molar-refractivity contribution is -0.122. The lowest BCUT2D eigenvalue weighted by atomic mass is 9.92. The van der Waals surface area contributed by atoms with Crippen LogP contribution in [0.4, 0.5) is 8.78 Å². The van der Waals surface area contributed by atoms with Gasteiger partial charge in [-0.25, -0.2) is 17.2 Å². The van der Waals surface area contributed by atoms with Gasteiger partial charge in [0.2, 0.25) is 15.9 Å². The molecule has 0 aromatic heterocycles. The van der Waals surface area contributed by atoms with Crippen LogP contribution in [0.2, 0.25) is 0 Å². The van der Waals surface area contributed by atoms with Gasteiger partial charge in [0, 0.05) is 25.1 Å². The molecule has 3 aromatic carbocycles. The highest BCUT2D eigenvalue weighted by molar-refractivity contribution is 7.89. The maximum Gasteiger partial charge on any atom is 0.243 e. The van der Waals surface area contributed by atoms with E-state index in [1.807, 2.05) is 18.2 Å². The van der Waals surface area contributed by atoms with Crippen LogP contribution in [0.25, 0.3) is 0 Å². The minimum atomic E-state index is -3.96. The van der Waals surface area contributed by atoms with Gasteiger partial charge in [0.1, 0.15) is 11.6 Å². The molecule has 1 atom stereocenters. The second-order valence-corrected chi connectivity index (χ2v) is 9.50. The molecule has 0 radical (unpaired) electrons. The number of rotatable bonds is 6. The largest absolute Gasteiger partial charge is 0.352 e. The average Bonchev–Trinajstić information content (AvgIpc) is 2.79. The van der Waals surface area contributed by atoms with Crippen molar-refractivity contribution in [3.63, 3.8) is 0 Å². The smallest absolute Gasteiger partial charge is 0.243 e. The predicted molar refractivity (Wildman–Crippen MR) is 116 cm³/mol. The van der Waals surface area contributed by atoms with Gasteiger partial charge in [-0.15, -0.1) is 0 Å². The van der Waals surface area contributed by atoms with Gasteiger partial charge < -0.3 is 5.32 Å². The first-order valence-corrected chi connectivity index (χ1v) is 11.7. The van der Waals surface area contributed by atoms with Gasteiger partial charge in [-0.05, 0) is 47.9 Å². The average molecular weight is 457 g/mol. The molecule has 0 bridgehead atoms. The second-order valence-electron chi connectivity index (χ2n) is 7.61. The fourth-order valence-electron chi connectivity index (χ4n) is 3.95. The van der Waals surface area contributed by atoms with Crippen molar-refractivity contribution in [2.75, 3.05) is 6.54 Å². The van der Waals surface area contributed by atoms with Crippen molar-refractivity contribution in [2.45, 2.75) is 30.3 Å².